The highest BCUT2D eigenvalue weighted by Gasteiger charge is 2.16. The highest BCUT2D eigenvalue weighted by molar-refractivity contribution is 5.86. The van der Waals surface area contributed by atoms with E-state index in [0.717, 1.165) is 25.2 Å². The van der Waals surface area contributed by atoms with Gasteiger partial charge >= 0.3 is 5.97 Å². The third-order valence-electron chi connectivity index (χ3n) is 3.66. The van der Waals surface area contributed by atoms with E-state index < -0.39 is 5.97 Å². The summed E-state index contributed by atoms with van der Waals surface area (Å²) in [5.41, 5.74) is 1.94. The summed E-state index contributed by atoms with van der Waals surface area (Å²) >= 11 is 0. The molecular formula is C14H17N3O2. The van der Waals surface area contributed by atoms with E-state index in [1.165, 1.54) is 12.8 Å². The molecule has 1 aliphatic heterocycles. The van der Waals surface area contributed by atoms with E-state index in [4.69, 9.17) is 5.11 Å². The van der Waals surface area contributed by atoms with Crippen molar-refractivity contribution in [3.8, 4) is 0 Å². The number of imidazole rings is 1. The van der Waals surface area contributed by atoms with Crippen LogP contribution in [-0.2, 0) is 6.42 Å². The number of aromatic nitrogens is 2. The quantitative estimate of drug-likeness (QED) is 0.878. The van der Waals surface area contributed by atoms with E-state index in [1.54, 1.807) is 16.5 Å². The number of pyridine rings is 1. The fraction of sp³-hybridized carbons (Fsp3) is 0.429. The highest BCUT2D eigenvalue weighted by Crippen LogP contribution is 2.17. The molecule has 0 radical (unpaired) electrons. The van der Waals surface area contributed by atoms with Crippen molar-refractivity contribution < 1.29 is 9.90 Å². The van der Waals surface area contributed by atoms with Crippen LogP contribution in [-0.4, -0.2) is 33.6 Å². The molecule has 3 heterocycles. The van der Waals surface area contributed by atoms with E-state index >= 15 is 0 Å². The summed E-state index contributed by atoms with van der Waals surface area (Å²) in [7, 11) is 0. The summed E-state index contributed by atoms with van der Waals surface area (Å²) in [5, 5.41) is 12.5. The van der Waals surface area contributed by atoms with E-state index in [2.05, 4.69) is 10.3 Å². The Balaban J connectivity index is 1.88. The lowest BCUT2D eigenvalue weighted by molar-refractivity contribution is 0.0689. The second-order valence-corrected chi connectivity index (χ2v) is 5.09. The fourth-order valence-corrected chi connectivity index (χ4v) is 2.73. The van der Waals surface area contributed by atoms with E-state index in [9.17, 15) is 4.79 Å². The molecule has 1 aliphatic rings. The van der Waals surface area contributed by atoms with Gasteiger partial charge in [-0.1, -0.05) is 6.07 Å². The zero-order valence-corrected chi connectivity index (χ0v) is 10.7. The van der Waals surface area contributed by atoms with Crippen molar-refractivity contribution in [1.29, 1.82) is 0 Å². The zero-order valence-electron chi connectivity index (χ0n) is 10.7. The molecule has 5 nitrogen and oxygen atoms in total. The molecule has 5 heteroatoms. The second kappa shape index (κ2) is 5.01. The average Bonchev–Trinajstić information content (AvgIpc) is 2.81. The first kappa shape index (κ1) is 12.2. The van der Waals surface area contributed by atoms with Gasteiger partial charge in [0.2, 0.25) is 0 Å². The van der Waals surface area contributed by atoms with Gasteiger partial charge in [0.05, 0.1) is 5.69 Å². The predicted molar refractivity (Wildman–Crippen MR) is 71.4 cm³/mol. The van der Waals surface area contributed by atoms with Crippen molar-refractivity contribution in [3.63, 3.8) is 0 Å². The average molecular weight is 259 g/mol. The summed E-state index contributed by atoms with van der Waals surface area (Å²) in [6.45, 7) is 2.13. The van der Waals surface area contributed by atoms with E-state index in [1.807, 2.05) is 12.3 Å². The van der Waals surface area contributed by atoms with Gasteiger partial charge in [0.15, 0.2) is 0 Å². The number of carbonyl (C=O) groups is 1. The van der Waals surface area contributed by atoms with Crippen molar-refractivity contribution in [3.05, 3.63) is 35.8 Å². The molecule has 2 N–H and O–H groups in total. The van der Waals surface area contributed by atoms with Gasteiger partial charge < -0.3 is 10.4 Å². The Morgan fingerprint density at radius 1 is 1.53 bits per heavy atom. The van der Waals surface area contributed by atoms with Crippen LogP contribution >= 0.6 is 0 Å². The van der Waals surface area contributed by atoms with Crippen LogP contribution in [0.5, 0.6) is 0 Å². The largest absolute Gasteiger partial charge is 0.477 e. The summed E-state index contributed by atoms with van der Waals surface area (Å²) in [6, 6.07) is 5.18. The number of piperidine rings is 1. The van der Waals surface area contributed by atoms with Gasteiger partial charge in [0.25, 0.3) is 0 Å². The van der Waals surface area contributed by atoms with Crippen LogP contribution in [0.1, 0.15) is 29.0 Å². The number of carboxylic acids is 1. The highest BCUT2D eigenvalue weighted by atomic mass is 16.4. The predicted octanol–water partition coefficient (Wildman–Crippen LogP) is 1.57. The summed E-state index contributed by atoms with van der Waals surface area (Å²) in [6.07, 6.45) is 5.19. The van der Waals surface area contributed by atoms with Crippen molar-refractivity contribution in [2.45, 2.75) is 19.3 Å². The van der Waals surface area contributed by atoms with Crippen molar-refractivity contribution in [1.82, 2.24) is 14.7 Å². The SMILES string of the molecule is O=C(O)c1cccc2nc(CC3CCCNC3)cn12. The third-order valence-corrected chi connectivity index (χ3v) is 3.66. The number of aromatic carboxylic acids is 1. The van der Waals surface area contributed by atoms with Gasteiger partial charge in [-0.3, -0.25) is 4.40 Å². The van der Waals surface area contributed by atoms with Gasteiger partial charge in [-0.15, -0.1) is 0 Å². The Hall–Kier alpha value is -1.88. The summed E-state index contributed by atoms with van der Waals surface area (Å²) < 4.78 is 1.66. The lowest BCUT2D eigenvalue weighted by Crippen LogP contribution is -2.30. The molecule has 100 valence electrons. The van der Waals surface area contributed by atoms with Crippen LogP contribution in [0.4, 0.5) is 0 Å². The Morgan fingerprint density at radius 2 is 2.42 bits per heavy atom. The molecule has 1 unspecified atom stereocenters. The van der Waals surface area contributed by atoms with Crippen molar-refractivity contribution in [2.24, 2.45) is 5.92 Å². The molecular weight excluding hydrogens is 242 g/mol. The molecule has 2 aromatic rings. The molecule has 0 spiro atoms. The number of hydrogen-bond acceptors (Lipinski definition) is 3. The lowest BCUT2D eigenvalue weighted by Gasteiger charge is -2.21. The lowest BCUT2D eigenvalue weighted by atomic mass is 9.95. The molecule has 0 saturated carbocycles. The Morgan fingerprint density at radius 3 is 3.16 bits per heavy atom. The van der Waals surface area contributed by atoms with Crippen LogP contribution in [0.3, 0.4) is 0 Å². The number of carboxylic acid groups (broad SMARTS) is 1. The van der Waals surface area contributed by atoms with Gasteiger partial charge in [0.1, 0.15) is 11.3 Å². The first-order chi connectivity index (χ1) is 9.24. The zero-order chi connectivity index (χ0) is 13.2. The topological polar surface area (TPSA) is 66.6 Å². The number of nitrogens with one attached hydrogen (secondary N) is 1. The molecule has 0 aromatic carbocycles. The van der Waals surface area contributed by atoms with Gasteiger partial charge in [-0.25, -0.2) is 9.78 Å². The first-order valence-corrected chi connectivity index (χ1v) is 6.65. The van der Waals surface area contributed by atoms with Crippen LogP contribution < -0.4 is 5.32 Å². The maximum absolute atomic E-state index is 11.2. The maximum atomic E-state index is 11.2. The van der Waals surface area contributed by atoms with Crippen molar-refractivity contribution in [2.75, 3.05) is 13.1 Å². The van der Waals surface area contributed by atoms with E-state index in [0.29, 0.717) is 11.6 Å². The molecule has 0 aliphatic carbocycles. The van der Waals surface area contributed by atoms with Crippen LogP contribution in [0.15, 0.2) is 24.4 Å². The fourth-order valence-electron chi connectivity index (χ4n) is 2.73. The number of rotatable bonds is 3. The van der Waals surface area contributed by atoms with Crippen LogP contribution in [0.2, 0.25) is 0 Å². The van der Waals surface area contributed by atoms with E-state index in [-0.39, 0.29) is 5.69 Å². The molecule has 1 fully saturated rings. The first-order valence-electron chi connectivity index (χ1n) is 6.65. The standard InChI is InChI=1S/C14H17N3O2/c18-14(19)12-4-1-5-13-16-11(9-17(12)13)7-10-3-2-6-15-8-10/h1,4-5,9-10,15H,2-3,6-8H2,(H,18,19). The minimum absolute atomic E-state index is 0.262. The molecule has 0 bridgehead atoms. The number of nitrogens with zero attached hydrogens (tertiary/aromatic N) is 2. The Kier molecular flexibility index (Phi) is 3.21. The van der Waals surface area contributed by atoms with Gasteiger partial charge in [0, 0.05) is 6.20 Å². The normalized spacial score (nSPS) is 19.7. The Bertz CT molecular complexity index is 600. The molecule has 1 atom stereocenters. The monoisotopic (exact) mass is 259 g/mol. The van der Waals surface area contributed by atoms with Gasteiger partial charge in [-0.05, 0) is 50.4 Å². The van der Waals surface area contributed by atoms with Crippen LogP contribution in [0.25, 0.3) is 5.65 Å². The smallest absolute Gasteiger partial charge is 0.352 e. The third kappa shape index (κ3) is 2.46. The Labute approximate surface area is 111 Å². The summed E-state index contributed by atoms with van der Waals surface area (Å²) in [5.74, 6) is -0.319. The molecule has 0 amide bonds. The van der Waals surface area contributed by atoms with Crippen LogP contribution in [0, 0.1) is 5.92 Å². The maximum Gasteiger partial charge on any atom is 0.352 e. The minimum atomic E-state index is -0.922. The number of fused-ring (bicyclic) bond motifs is 1. The molecule has 19 heavy (non-hydrogen) atoms. The molecule has 1 saturated heterocycles. The molecule has 2 aromatic heterocycles. The van der Waals surface area contributed by atoms with Gasteiger partial charge in [-0.2, -0.15) is 0 Å². The number of hydrogen-bond donors (Lipinski definition) is 2. The minimum Gasteiger partial charge on any atom is -0.477 e. The summed E-state index contributed by atoms with van der Waals surface area (Å²) in [4.78, 5) is 15.7. The second-order valence-electron chi connectivity index (χ2n) is 5.09. The molecule has 3 rings (SSSR count). The van der Waals surface area contributed by atoms with Crippen molar-refractivity contribution >= 4 is 11.6 Å².